The van der Waals surface area contributed by atoms with E-state index in [0.29, 0.717) is 0 Å². The summed E-state index contributed by atoms with van der Waals surface area (Å²) in [7, 11) is 4.50. The first kappa shape index (κ1) is 17.7. The SMILES string of the molecule is CC(C)(C)c1ccc([N+](C)(C)c2ccc(C(C)(C)C)cc2)cc1. The molecule has 0 amide bonds. The minimum Gasteiger partial charge on any atom is -0.264 e. The van der Waals surface area contributed by atoms with E-state index in [0.717, 1.165) is 4.48 Å². The molecule has 0 aliphatic rings. The standard InChI is InChI=1S/C22H32N/c1-21(2,3)17-9-13-19(14-10-17)23(7,8)20-15-11-18(12-16-20)22(4,5)6/h9-16H,1-8H3/q+1. The highest BCUT2D eigenvalue weighted by Crippen LogP contribution is 2.34. The third-order valence-electron chi connectivity index (χ3n) is 4.76. The van der Waals surface area contributed by atoms with Crippen LogP contribution in [0.1, 0.15) is 52.7 Å². The monoisotopic (exact) mass is 310 g/mol. The number of benzene rings is 2. The molecule has 0 aromatic heterocycles. The Labute approximate surface area is 142 Å². The molecule has 23 heavy (non-hydrogen) atoms. The molecular weight excluding hydrogens is 278 g/mol. The highest BCUT2D eigenvalue weighted by molar-refractivity contribution is 5.58. The van der Waals surface area contributed by atoms with Gasteiger partial charge in [0.2, 0.25) is 0 Å². The normalized spacial score (nSPS) is 13.2. The van der Waals surface area contributed by atoms with Crippen LogP contribution in [0.3, 0.4) is 0 Å². The van der Waals surface area contributed by atoms with E-state index in [9.17, 15) is 0 Å². The summed E-state index contributed by atoms with van der Waals surface area (Å²) in [5, 5.41) is 0. The van der Waals surface area contributed by atoms with Crippen molar-refractivity contribution in [2.45, 2.75) is 52.4 Å². The van der Waals surface area contributed by atoms with Crippen LogP contribution in [0.25, 0.3) is 0 Å². The van der Waals surface area contributed by atoms with E-state index >= 15 is 0 Å². The Morgan fingerprint density at radius 3 is 1.00 bits per heavy atom. The first-order valence-corrected chi connectivity index (χ1v) is 8.48. The van der Waals surface area contributed by atoms with E-state index in [4.69, 9.17) is 0 Å². The van der Waals surface area contributed by atoms with E-state index < -0.39 is 0 Å². The summed E-state index contributed by atoms with van der Waals surface area (Å²) in [6.45, 7) is 13.5. The molecule has 0 saturated carbocycles. The van der Waals surface area contributed by atoms with Gasteiger partial charge in [0.25, 0.3) is 0 Å². The molecular formula is C22H32N+. The summed E-state index contributed by atoms with van der Waals surface area (Å²) in [5.74, 6) is 0. The van der Waals surface area contributed by atoms with Crippen LogP contribution in [0.4, 0.5) is 11.4 Å². The van der Waals surface area contributed by atoms with Crippen LogP contribution < -0.4 is 4.48 Å². The van der Waals surface area contributed by atoms with Gasteiger partial charge in [0.15, 0.2) is 0 Å². The van der Waals surface area contributed by atoms with Crippen LogP contribution in [0, 0.1) is 0 Å². The molecule has 0 saturated heterocycles. The van der Waals surface area contributed by atoms with Gasteiger partial charge in [-0.3, -0.25) is 4.48 Å². The fraction of sp³-hybridized carbons (Fsp3) is 0.455. The minimum absolute atomic E-state index is 0.198. The summed E-state index contributed by atoms with van der Waals surface area (Å²) in [6, 6.07) is 18.1. The summed E-state index contributed by atoms with van der Waals surface area (Å²) in [6.07, 6.45) is 0. The van der Waals surface area contributed by atoms with Crippen molar-refractivity contribution in [3.63, 3.8) is 0 Å². The van der Waals surface area contributed by atoms with Gasteiger partial charge in [-0.1, -0.05) is 65.8 Å². The molecule has 1 heteroatoms. The average molecular weight is 311 g/mol. The van der Waals surface area contributed by atoms with Crippen molar-refractivity contribution < 1.29 is 0 Å². The molecule has 0 fully saturated rings. The Morgan fingerprint density at radius 1 is 0.522 bits per heavy atom. The average Bonchev–Trinajstić information content (AvgIpc) is 2.46. The van der Waals surface area contributed by atoms with E-state index in [1.807, 2.05) is 0 Å². The van der Waals surface area contributed by atoms with E-state index in [1.165, 1.54) is 22.5 Å². The number of nitrogens with zero attached hydrogens (tertiary/aromatic N) is 1. The molecule has 0 atom stereocenters. The third kappa shape index (κ3) is 3.84. The number of quaternary nitrogens is 1. The first-order chi connectivity index (χ1) is 10.4. The van der Waals surface area contributed by atoms with Gasteiger partial charge in [0.1, 0.15) is 11.4 Å². The van der Waals surface area contributed by atoms with Gasteiger partial charge in [-0.2, -0.15) is 0 Å². The van der Waals surface area contributed by atoms with E-state index in [2.05, 4.69) is 104 Å². The van der Waals surface area contributed by atoms with Crippen molar-refractivity contribution in [2.24, 2.45) is 0 Å². The van der Waals surface area contributed by atoms with Crippen LogP contribution in [-0.4, -0.2) is 14.1 Å². The van der Waals surface area contributed by atoms with Crippen molar-refractivity contribution in [1.82, 2.24) is 4.48 Å². The predicted molar refractivity (Wildman–Crippen MR) is 104 cm³/mol. The zero-order valence-corrected chi connectivity index (χ0v) is 16.1. The van der Waals surface area contributed by atoms with Gasteiger partial charge < -0.3 is 0 Å². The first-order valence-electron chi connectivity index (χ1n) is 8.48. The lowest BCUT2D eigenvalue weighted by Gasteiger charge is -2.30. The van der Waals surface area contributed by atoms with Gasteiger partial charge in [-0.15, -0.1) is 0 Å². The Hall–Kier alpha value is -1.60. The molecule has 2 aromatic carbocycles. The zero-order chi connectivity index (χ0) is 17.5. The molecule has 0 aliphatic carbocycles. The van der Waals surface area contributed by atoms with Gasteiger partial charge in [0, 0.05) is 0 Å². The molecule has 0 N–H and O–H groups in total. The maximum Gasteiger partial charge on any atom is 0.137 e. The second kappa shape index (κ2) is 5.79. The summed E-state index contributed by atoms with van der Waals surface area (Å²) in [4.78, 5) is 0. The van der Waals surface area contributed by atoms with Crippen molar-refractivity contribution in [3.05, 3.63) is 59.7 Å². The molecule has 0 spiro atoms. The van der Waals surface area contributed by atoms with E-state index in [1.54, 1.807) is 0 Å². The predicted octanol–water partition coefficient (Wildman–Crippen LogP) is 6.18. The molecule has 0 bridgehead atoms. The second-order valence-corrected chi connectivity index (χ2v) is 9.05. The van der Waals surface area contributed by atoms with Crippen molar-refractivity contribution in [1.29, 1.82) is 0 Å². The summed E-state index contributed by atoms with van der Waals surface area (Å²) >= 11 is 0. The van der Waals surface area contributed by atoms with Gasteiger partial charge in [-0.05, 0) is 46.2 Å². The second-order valence-electron chi connectivity index (χ2n) is 9.05. The van der Waals surface area contributed by atoms with Crippen LogP contribution in [-0.2, 0) is 10.8 Å². The topological polar surface area (TPSA) is 0 Å². The van der Waals surface area contributed by atoms with Crippen molar-refractivity contribution in [2.75, 3.05) is 14.1 Å². The van der Waals surface area contributed by atoms with Gasteiger partial charge in [0.05, 0.1) is 14.1 Å². The lowest BCUT2D eigenvalue weighted by Crippen LogP contribution is -2.34. The van der Waals surface area contributed by atoms with Gasteiger partial charge >= 0.3 is 0 Å². The molecule has 0 heterocycles. The molecule has 0 radical (unpaired) electrons. The fourth-order valence-electron chi connectivity index (χ4n) is 2.82. The van der Waals surface area contributed by atoms with Crippen molar-refractivity contribution in [3.8, 4) is 0 Å². The van der Waals surface area contributed by atoms with Crippen molar-refractivity contribution >= 4 is 11.4 Å². The minimum atomic E-state index is 0.198. The molecule has 0 unspecified atom stereocenters. The highest BCUT2D eigenvalue weighted by Gasteiger charge is 2.24. The lowest BCUT2D eigenvalue weighted by molar-refractivity contribution is 0.549. The number of hydrogen-bond acceptors (Lipinski definition) is 0. The van der Waals surface area contributed by atoms with Crippen LogP contribution in [0.5, 0.6) is 0 Å². The summed E-state index contributed by atoms with van der Waals surface area (Å²) in [5.41, 5.74) is 5.77. The van der Waals surface area contributed by atoms with E-state index in [-0.39, 0.29) is 10.8 Å². The zero-order valence-electron chi connectivity index (χ0n) is 16.1. The maximum atomic E-state index is 2.26. The largest absolute Gasteiger partial charge is 0.264 e. The fourth-order valence-corrected chi connectivity index (χ4v) is 2.82. The third-order valence-corrected chi connectivity index (χ3v) is 4.76. The molecule has 1 nitrogen and oxygen atoms in total. The summed E-state index contributed by atoms with van der Waals surface area (Å²) < 4.78 is 0.759. The molecule has 0 aliphatic heterocycles. The molecule has 124 valence electrons. The van der Waals surface area contributed by atoms with Crippen LogP contribution >= 0.6 is 0 Å². The lowest BCUT2D eigenvalue weighted by atomic mass is 9.86. The molecule has 2 rings (SSSR count). The van der Waals surface area contributed by atoms with Crippen LogP contribution in [0.2, 0.25) is 0 Å². The Bertz CT molecular complexity index is 588. The van der Waals surface area contributed by atoms with Crippen LogP contribution in [0.15, 0.2) is 48.5 Å². The highest BCUT2D eigenvalue weighted by atomic mass is 15.3. The maximum absolute atomic E-state index is 2.26. The molecule has 2 aromatic rings. The Morgan fingerprint density at radius 2 is 0.783 bits per heavy atom. The van der Waals surface area contributed by atoms with Gasteiger partial charge in [-0.25, -0.2) is 0 Å². The quantitative estimate of drug-likeness (QED) is 0.581. The number of rotatable bonds is 2. The smallest absolute Gasteiger partial charge is 0.137 e. The Kier molecular flexibility index (Phi) is 4.47. The Balaban J connectivity index is 2.34. The number of hydrogen-bond donors (Lipinski definition) is 0.